The molecule has 0 spiro atoms. The highest BCUT2D eigenvalue weighted by molar-refractivity contribution is 4.91. The average molecular weight is 235 g/mol. The zero-order chi connectivity index (χ0) is 12.1. The van der Waals surface area contributed by atoms with Crippen molar-refractivity contribution in [2.24, 2.45) is 7.05 Å². The Kier molecular flexibility index (Phi) is 3.87. The van der Waals surface area contributed by atoms with Gasteiger partial charge in [0.2, 0.25) is 5.89 Å². The normalized spacial score (nSPS) is 10.9. The molecule has 17 heavy (non-hydrogen) atoms. The van der Waals surface area contributed by atoms with E-state index in [0.29, 0.717) is 5.89 Å². The van der Waals surface area contributed by atoms with Gasteiger partial charge < -0.3 is 14.4 Å². The second-order valence-corrected chi connectivity index (χ2v) is 3.93. The summed E-state index contributed by atoms with van der Waals surface area (Å²) in [5, 5.41) is 7.17. The van der Waals surface area contributed by atoms with E-state index in [1.54, 1.807) is 6.92 Å². The molecule has 0 aliphatic carbocycles. The Morgan fingerprint density at radius 1 is 1.35 bits per heavy atom. The molecule has 0 bridgehead atoms. The minimum absolute atomic E-state index is 0.619. The number of aromatic nitrogens is 4. The predicted molar refractivity (Wildman–Crippen MR) is 62.5 cm³/mol. The van der Waals surface area contributed by atoms with E-state index in [-0.39, 0.29) is 0 Å². The van der Waals surface area contributed by atoms with E-state index >= 15 is 0 Å². The topological polar surface area (TPSA) is 68.8 Å². The fraction of sp³-hybridized carbons (Fsp3) is 0.545. The predicted octanol–water partition coefficient (Wildman–Crippen LogP) is 0.486. The van der Waals surface area contributed by atoms with Gasteiger partial charge in [0.25, 0.3) is 0 Å². The van der Waals surface area contributed by atoms with E-state index in [0.717, 1.165) is 37.6 Å². The third-order valence-corrected chi connectivity index (χ3v) is 2.54. The maximum atomic E-state index is 4.89. The van der Waals surface area contributed by atoms with Crippen LogP contribution < -0.4 is 5.32 Å². The third-order valence-electron chi connectivity index (χ3n) is 2.54. The summed E-state index contributed by atoms with van der Waals surface area (Å²) >= 11 is 0. The Balaban J connectivity index is 1.62. The maximum absolute atomic E-state index is 4.89. The first-order chi connectivity index (χ1) is 8.25. The van der Waals surface area contributed by atoms with Crippen LogP contribution in [-0.2, 0) is 19.9 Å². The number of nitrogens with one attached hydrogen (secondary N) is 1. The SMILES string of the molecule is Cc1nc(CCNCCc2nccn2C)no1. The molecule has 0 amide bonds. The molecular weight excluding hydrogens is 218 g/mol. The van der Waals surface area contributed by atoms with Crippen LogP contribution in [0.25, 0.3) is 0 Å². The zero-order valence-electron chi connectivity index (χ0n) is 10.2. The number of aryl methyl sites for hydroxylation is 2. The number of hydrogen-bond donors (Lipinski definition) is 1. The molecule has 2 rings (SSSR count). The molecule has 0 unspecified atom stereocenters. The van der Waals surface area contributed by atoms with E-state index < -0.39 is 0 Å². The monoisotopic (exact) mass is 235 g/mol. The molecule has 0 aliphatic heterocycles. The Bertz CT molecular complexity index is 462. The van der Waals surface area contributed by atoms with Crippen molar-refractivity contribution in [3.8, 4) is 0 Å². The highest BCUT2D eigenvalue weighted by Crippen LogP contribution is 1.96. The summed E-state index contributed by atoms with van der Waals surface area (Å²) < 4.78 is 6.93. The van der Waals surface area contributed by atoms with E-state index in [1.165, 1.54) is 0 Å². The number of imidazole rings is 1. The summed E-state index contributed by atoms with van der Waals surface area (Å²) in [5.41, 5.74) is 0. The lowest BCUT2D eigenvalue weighted by Gasteiger charge is -2.03. The molecule has 6 nitrogen and oxygen atoms in total. The maximum Gasteiger partial charge on any atom is 0.223 e. The second-order valence-electron chi connectivity index (χ2n) is 3.93. The van der Waals surface area contributed by atoms with Gasteiger partial charge in [0.15, 0.2) is 5.82 Å². The lowest BCUT2D eigenvalue weighted by atomic mass is 10.3. The highest BCUT2D eigenvalue weighted by Gasteiger charge is 2.02. The largest absolute Gasteiger partial charge is 0.340 e. The third kappa shape index (κ3) is 3.39. The van der Waals surface area contributed by atoms with Crippen molar-refractivity contribution < 1.29 is 4.52 Å². The van der Waals surface area contributed by atoms with Crippen LogP contribution in [0, 0.1) is 6.92 Å². The molecule has 0 aromatic carbocycles. The van der Waals surface area contributed by atoms with Gasteiger partial charge in [-0.1, -0.05) is 5.16 Å². The first-order valence-electron chi connectivity index (χ1n) is 5.72. The van der Waals surface area contributed by atoms with Crippen molar-refractivity contribution in [1.29, 1.82) is 0 Å². The van der Waals surface area contributed by atoms with Gasteiger partial charge in [0.1, 0.15) is 5.82 Å². The highest BCUT2D eigenvalue weighted by atomic mass is 16.5. The number of hydrogen-bond acceptors (Lipinski definition) is 5. The fourth-order valence-electron chi connectivity index (χ4n) is 1.61. The van der Waals surface area contributed by atoms with Gasteiger partial charge in [-0.25, -0.2) is 4.98 Å². The smallest absolute Gasteiger partial charge is 0.223 e. The Labute approximate surface area is 100 Å². The van der Waals surface area contributed by atoms with Gasteiger partial charge in [-0.2, -0.15) is 4.98 Å². The minimum Gasteiger partial charge on any atom is -0.340 e. The van der Waals surface area contributed by atoms with Crippen LogP contribution in [0.4, 0.5) is 0 Å². The first kappa shape index (κ1) is 11.8. The van der Waals surface area contributed by atoms with Gasteiger partial charge in [-0.15, -0.1) is 0 Å². The second kappa shape index (κ2) is 5.58. The number of rotatable bonds is 6. The minimum atomic E-state index is 0.619. The average Bonchev–Trinajstić information content (AvgIpc) is 2.88. The van der Waals surface area contributed by atoms with Crippen molar-refractivity contribution in [2.75, 3.05) is 13.1 Å². The molecule has 2 aromatic rings. The first-order valence-corrected chi connectivity index (χ1v) is 5.72. The van der Waals surface area contributed by atoms with Crippen LogP contribution in [-0.4, -0.2) is 32.8 Å². The standard InChI is InChI=1S/C11H17N5O/c1-9-14-10(15-17-9)3-5-12-6-4-11-13-7-8-16(11)2/h7-8,12H,3-6H2,1-2H3. The quantitative estimate of drug-likeness (QED) is 0.738. The summed E-state index contributed by atoms with van der Waals surface area (Å²) in [7, 11) is 2.00. The summed E-state index contributed by atoms with van der Waals surface area (Å²) in [6, 6.07) is 0. The van der Waals surface area contributed by atoms with Gasteiger partial charge in [-0.3, -0.25) is 0 Å². The summed E-state index contributed by atoms with van der Waals surface area (Å²) in [4.78, 5) is 8.40. The van der Waals surface area contributed by atoms with Crippen molar-refractivity contribution >= 4 is 0 Å². The summed E-state index contributed by atoms with van der Waals surface area (Å²) in [6.45, 7) is 3.55. The molecular formula is C11H17N5O. The molecule has 0 saturated carbocycles. The van der Waals surface area contributed by atoms with Crippen molar-refractivity contribution in [3.63, 3.8) is 0 Å². The molecule has 92 valence electrons. The molecule has 0 atom stereocenters. The van der Waals surface area contributed by atoms with E-state index in [9.17, 15) is 0 Å². The molecule has 2 heterocycles. The summed E-state index contributed by atoms with van der Waals surface area (Å²) in [5.74, 6) is 2.47. The van der Waals surface area contributed by atoms with Crippen LogP contribution >= 0.6 is 0 Å². The fourth-order valence-corrected chi connectivity index (χ4v) is 1.61. The molecule has 0 fully saturated rings. The van der Waals surface area contributed by atoms with Crippen molar-refractivity contribution in [3.05, 3.63) is 29.9 Å². The van der Waals surface area contributed by atoms with Crippen LogP contribution in [0.3, 0.4) is 0 Å². The van der Waals surface area contributed by atoms with Gasteiger partial charge in [0.05, 0.1) is 0 Å². The van der Waals surface area contributed by atoms with Crippen LogP contribution in [0.1, 0.15) is 17.5 Å². The zero-order valence-corrected chi connectivity index (χ0v) is 10.2. The molecule has 2 aromatic heterocycles. The van der Waals surface area contributed by atoms with E-state index in [1.807, 2.05) is 24.0 Å². The molecule has 0 saturated heterocycles. The van der Waals surface area contributed by atoms with Crippen LogP contribution in [0.5, 0.6) is 0 Å². The lowest BCUT2D eigenvalue weighted by Crippen LogP contribution is -2.21. The lowest BCUT2D eigenvalue weighted by molar-refractivity contribution is 0.387. The van der Waals surface area contributed by atoms with Crippen LogP contribution in [0.2, 0.25) is 0 Å². The molecule has 6 heteroatoms. The molecule has 0 radical (unpaired) electrons. The summed E-state index contributed by atoms with van der Waals surface area (Å²) in [6.07, 6.45) is 5.49. The van der Waals surface area contributed by atoms with Gasteiger partial charge in [-0.05, 0) is 0 Å². The Morgan fingerprint density at radius 2 is 2.18 bits per heavy atom. The van der Waals surface area contributed by atoms with Gasteiger partial charge in [0, 0.05) is 52.3 Å². The molecule has 0 aliphatic rings. The van der Waals surface area contributed by atoms with E-state index in [2.05, 4.69) is 20.4 Å². The van der Waals surface area contributed by atoms with E-state index in [4.69, 9.17) is 4.52 Å². The Morgan fingerprint density at radius 3 is 2.82 bits per heavy atom. The van der Waals surface area contributed by atoms with Crippen molar-refractivity contribution in [2.45, 2.75) is 19.8 Å². The van der Waals surface area contributed by atoms with Gasteiger partial charge >= 0.3 is 0 Å². The van der Waals surface area contributed by atoms with Crippen molar-refractivity contribution in [1.82, 2.24) is 25.0 Å². The number of nitrogens with zero attached hydrogens (tertiary/aromatic N) is 4. The van der Waals surface area contributed by atoms with Crippen LogP contribution in [0.15, 0.2) is 16.9 Å². The molecule has 1 N–H and O–H groups in total. The Hall–Kier alpha value is -1.69.